The number of hydrogen-bond donors (Lipinski definition) is 3. The summed E-state index contributed by atoms with van der Waals surface area (Å²) >= 11 is 0. The van der Waals surface area contributed by atoms with Crippen LogP contribution >= 0.6 is 0 Å². The van der Waals surface area contributed by atoms with Gasteiger partial charge in [-0.15, -0.1) is 0 Å². The number of benzene rings is 1. The molecule has 1 aromatic carbocycles. The largest absolute Gasteiger partial charge is 0.495 e. The number of amides is 1. The van der Waals surface area contributed by atoms with Crippen molar-refractivity contribution in [2.75, 3.05) is 51.9 Å². The first kappa shape index (κ1) is 26.0. The Morgan fingerprint density at radius 1 is 1.14 bits per heavy atom. The number of aliphatic hydroxyl groups is 3. The molecule has 2 saturated heterocycles. The fraction of sp³-hybridized carbons (Fsp3) is 0.538. The third kappa shape index (κ3) is 4.93. The summed E-state index contributed by atoms with van der Waals surface area (Å²) in [6.45, 7) is 4.91. The summed E-state index contributed by atoms with van der Waals surface area (Å²) in [6.07, 6.45) is -0.555. The Balaban J connectivity index is 1.50. The van der Waals surface area contributed by atoms with Gasteiger partial charge in [0.25, 0.3) is 5.91 Å². The van der Waals surface area contributed by atoms with E-state index in [4.69, 9.17) is 14.2 Å². The average Bonchev–Trinajstić information content (AvgIpc) is 3.23. The summed E-state index contributed by atoms with van der Waals surface area (Å²) in [5.41, 5.74) is 0.250. The van der Waals surface area contributed by atoms with Crippen LogP contribution in [0, 0.1) is 5.41 Å². The number of nitrogens with zero attached hydrogens (tertiary/aromatic N) is 3. The van der Waals surface area contributed by atoms with E-state index in [9.17, 15) is 20.1 Å². The summed E-state index contributed by atoms with van der Waals surface area (Å²) in [6, 6.07) is 9.45. The van der Waals surface area contributed by atoms with Gasteiger partial charge in [0, 0.05) is 24.4 Å². The smallest absolute Gasteiger partial charge is 0.253 e. The van der Waals surface area contributed by atoms with Crippen molar-refractivity contribution in [3.63, 3.8) is 0 Å². The highest BCUT2D eigenvalue weighted by Crippen LogP contribution is 2.47. The van der Waals surface area contributed by atoms with Crippen molar-refractivity contribution in [2.24, 2.45) is 5.41 Å². The van der Waals surface area contributed by atoms with Gasteiger partial charge in [-0.1, -0.05) is 13.0 Å². The van der Waals surface area contributed by atoms with Crippen molar-refractivity contribution in [3.05, 3.63) is 42.1 Å². The molecule has 4 atom stereocenters. The van der Waals surface area contributed by atoms with Crippen molar-refractivity contribution in [3.8, 4) is 17.2 Å². The molecule has 0 aliphatic carbocycles. The molecular weight excluding hydrogens is 466 g/mol. The molecule has 10 heteroatoms. The molecule has 2 aliphatic heterocycles. The van der Waals surface area contributed by atoms with Crippen LogP contribution in [-0.2, 0) is 4.79 Å². The van der Waals surface area contributed by atoms with Crippen LogP contribution in [0.5, 0.6) is 17.2 Å². The second-order valence-electron chi connectivity index (χ2n) is 9.76. The number of hydrogen-bond acceptors (Lipinski definition) is 9. The lowest BCUT2D eigenvalue weighted by molar-refractivity contribution is -0.141. The molecule has 4 rings (SSSR count). The number of anilines is 1. The Bertz CT molecular complexity index is 1060. The van der Waals surface area contributed by atoms with Crippen molar-refractivity contribution < 1.29 is 34.3 Å². The van der Waals surface area contributed by atoms with Gasteiger partial charge in [-0.2, -0.15) is 0 Å². The maximum atomic E-state index is 12.6. The normalized spacial score (nSPS) is 23.7. The Morgan fingerprint density at radius 2 is 1.89 bits per heavy atom. The van der Waals surface area contributed by atoms with Crippen LogP contribution in [0.1, 0.15) is 25.3 Å². The van der Waals surface area contributed by atoms with Gasteiger partial charge >= 0.3 is 0 Å². The Morgan fingerprint density at radius 3 is 2.47 bits per heavy atom. The molecule has 1 unspecified atom stereocenters. The molecule has 3 heterocycles. The van der Waals surface area contributed by atoms with Crippen LogP contribution in [0.3, 0.4) is 0 Å². The quantitative estimate of drug-likeness (QED) is 0.462. The highest BCUT2D eigenvalue weighted by atomic mass is 16.5. The third-order valence-electron chi connectivity index (χ3n) is 7.47. The molecule has 1 amide bonds. The monoisotopic (exact) mass is 501 g/mol. The predicted molar refractivity (Wildman–Crippen MR) is 133 cm³/mol. The van der Waals surface area contributed by atoms with Crippen LogP contribution in [0.4, 0.5) is 5.82 Å². The summed E-state index contributed by atoms with van der Waals surface area (Å²) < 4.78 is 17.0. The maximum Gasteiger partial charge on any atom is 0.253 e. The molecule has 3 N–H and O–H groups in total. The van der Waals surface area contributed by atoms with E-state index in [-0.39, 0.29) is 18.6 Å². The van der Waals surface area contributed by atoms with Gasteiger partial charge in [0.15, 0.2) is 17.6 Å². The summed E-state index contributed by atoms with van der Waals surface area (Å²) in [5.74, 6) is 2.00. The lowest BCUT2D eigenvalue weighted by Crippen LogP contribution is -2.54. The number of aromatic nitrogens is 1. The Hall–Kier alpha value is -3.08. The second-order valence-corrected chi connectivity index (χ2v) is 9.76. The van der Waals surface area contributed by atoms with E-state index in [2.05, 4.69) is 9.88 Å². The maximum absolute atomic E-state index is 12.6. The van der Waals surface area contributed by atoms with E-state index >= 15 is 0 Å². The summed E-state index contributed by atoms with van der Waals surface area (Å²) in [7, 11) is 3.19. The molecule has 2 aromatic rings. The molecule has 36 heavy (non-hydrogen) atoms. The van der Waals surface area contributed by atoms with E-state index in [0.29, 0.717) is 36.9 Å². The SMILES string of the molecule is COc1ccc(N2CC(Oc3cc([C@@H]4CN(C(=O)C(O)CO)C[C@@]4(C)[C@@H](C)O)ccc3OC)C2)nc1. The fourth-order valence-electron chi connectivity index (χ4n) is 4.94. The van der Waals surface area contributed by atoms with E-state index in [1.807, 2.05) is 37.3 Å². The second kappa shape index (κ2) is 10.5. The van der Waals surface area contributed by atoms with Crippen molar-refractivity contribution >= 4 is 11.7 Å². The molecule has 10 nitrogen and oxygen atoms in total. The molecule has 2 fully saturated rings. The third-order valence-corrected chi connectivity index (χ3v) is 7.47. The first-order valence-electron chi connectivity index (χ1n) is 12.1. The van der Waals surface area contributed by atoms with Gasteiger partial charge in [-0.05, 0) is 36.8 Å². The minimum absolute atomic E-state index is 0.0532. The van der Waals surface area contributed by atoms with Gasteiger partial charge < -0.3 is 39.3 Å². The number of likely N-dealkylation sites (tertiary alicyclic amines) is 1. The number of aliphatic hydroxyl groups excluding tert-OH is 3. The van der Waals surface area contributed by atoms with Crippen molar-refractivity contribution in [2.45, 2.75) is 38.1 Å². The predicted octanol–water partition coefficient (Wildman–Crippen LogP) is 1.03. The molecule has 0 spiro atoms. The molecule has 2 aliphatic rings. The van der Waals surface area contributed by atoms with E-state index in [1.54, 1.807) is 27.3 Å². The summed E-state index contributed by atoms with van der Waals surface area (Å²) in [5, 5.41) is 29.7. The Kier molecular flexibility index (Phi) is 7.58. The highest BCUT2D eigenvalue weighted by molar-refractivity contribution is 5.81. The summed E-state index contributed by atoms with van der Waals surface area (Å²) in [4.78, 5) is 20.6. The van der Waals surface area contributed by atoms with Crippen LogP contribution in [0.2, 0.25) is 0 Å². The molecule has 1 aromatic heterocycles. The zero-order valence-electron chi connectivity index (χ0n) is 21.1. The molecule has 0 saturated carbocycles. The zero-order chi connectivity index (χ0) is 26.0. The van der Waals surface area contributed by atoms with Gasteiger partial charge in [-0.3, -0.25) is 4.79 Å². The first-order valence-corrected chi connectivity index (χ1v) is 12.1. The van der Waals surface area contributed by atoms with Gasteiger partial charge in [0.05, 0.1) is 46.2 Å². The topological polar surface area (TPSA) is 125 Å². The molecular formula is C26H35N3O7. The fourth-order valence-corrected chi connectivity index (χ4v) is 4.94. The van der Waals surface area contributed by atoms with Crippen LogP contribution in [0.15, 0.2) is 36.5 Å². The minimum atomic E-state index is -1.47. The van der Waals surface area contributed by atoms with E-state index in [1.165, 1.54) is 4.90 Å². The van der Waals surface area contributed by atoms with Crippen molar-refractivity contribution in [1.82, 2.24) is 9.88 Å². The molecule has 0 bridgehead atoms. The lowest BCUT2D eigenvalue weighted by Gasteiger charge is -2.40. The van der Waals surface area contributed by atoms with Crippen molar-refractivity contribution in [1.29, 1.82) is 0 Å². The molecule has 0 radical (unpaired) electrons. The zero-order valence-corrected chi connectivity index (χ0v) is 21.1. The van der Waals surface area contributed by atoms with Gasteiger partial charge in [0.2, 0.25) is 0 Å². The number of methoxy groups -OCH3 is 2. The number of rotatable bonds is 9. The minimum Gasteiger partial charge on any atom is -0.495 e. The number of carbonyl (C=O) groups is 1. The van der Waals surface area contributed by atoms with Crippen LogP contribution in [-0.4, -0.2) is 96.4 Å². The standard InChI is InChI=1S/C26H35N3O7/c1-16(31)26(2)15-29(25(33)21(32)14-30)13-20(26)17-5-7-22(35-4)23(9-17)36-19-11-28(12-19)24-8-6-18(34-3)10-27-24/h5-10,16,19-21,30-32H,11-15H2,1-4H3/t16-,20+,21?,26+/m1/s1. The lowest BCUT2D eigenvalue weighted by atomic mass is 9.72. The van der Waals surface area contributed by atoms with E-state index < -0.39 is 30.1 Å². The highest BCUT2D eigenvalue weighted by Gasteiger charge is 2.49. The first-order chi connectivity index (χ1) is 17.2. The average molecular weight is 502 g/mol. The van der Waals surface area contributed by atoms with Gasteiger partial charge in [0.1, 0.15) is 17.7 Å². The van der Waals surface area contributed by atoms with Gasteiger partial charge in [-0.25, -0.2) is 4.98 Å². The molecule has 196 valence electrons. The number of carbonyl (C=O) groups excluding carboxylic acids is 1. The van der Waals surface area contributed by atoms with Crippen LogP contribution in [0.25, 0.3) is 0 Å². The Labute approximate surface area is 211 Å². The van der Waals surface area contributed by atoms with Crippen LogP contribution < -0.4 is 19.1 Å². The number of ether oxygens (including phenoxy) is 3. The number of pyridine rings is 1. The van der Waals surface area contributed by atoms with E-state index in [0.717, 1.165) is 11.4 Å².